The molecule has 0 fully saturated rings. The lowest BCUT2D eigenvalue weighted by molar-refractivity contribution is 0.0459. The molecule has 1 aromatic heterocycles. The Morgan fingerprint density at radius 3 is 2.79 bits per heavy atom. The zero-order valence-electron chi connectivity index (χ0n) is 15.2. The van der Waals surface area contributed by atoms with Crippen LogP contribution in [0.15, 0.2) is 41.5 Å². The summed E-state index contributed by atoms with van der Waals surface area (Å²) in [5, 5.41) is 8.79. The van der Waals surface area contributed by atoms with E-state index < -0.39 is 29.6 Å². The second kappa shape index (κ2) is 8.31. The molecule has 1 atom stereocenters. The molecule has 1 aromatic carbocycles. The van der Waals surface area contributed by atoms with E-state index in [0.29, 0.717) is 11.1 Å². The van der Waals surface area contributed by atoms with Crippen LogP contribution in [0.3, 0.4) is 0 Å². The maximum atomic E-state index is 14.6. The fourth-order valence-corrected chi connectivity index (χ4v) is 3.19. The van der Waals surface area contributed by atoms with E-state index in [0.717, 1.165) is 6.07 Å². The Morgan fingerprint density at radius 2 is 2.14 bits per heavy atom. The number of nitrogens with zero attached hydrogens (tertiary/aromatic N) is 3. The molecule has 0 amide bonds. The summed E-state index contributed by atoms with van der Waals surface area (Å²) in [6.45, 7) is 0.105. The second-order valence-corrected chi connectivity index (χ2v) is 6.59. The Hall–Kier alpha value is -3.41. The van der Waals surface area contributed by atoms with Crippen LogP contribution in [0.2, 0.25) is 0 Å². The Balaban J connectivity index is 1.95. The number of ether oxygens (including phenoxy) is 1. The van der Waals surface area contributed by atoms with Crippen LogP contribution in [0.5, 0.6) is 0 Å². The van der Waals surface area contributed by atoms with Crippen LogP contribution in [0, 0.1) is 17.1 Å². The normalized spacial score (nSPS) is 19.1. The number of hydrogen-bond acceptors (Lipinski definition) is 6. The van der Waals surface area contributed by atoms with Crippen LogP contribution in [0.25, 0.3) is 0 Å². The number of ketones is 1. The number of hydrogen-bond donors (Lipinski definition) is 1. The van der Waals surface area contributed by atoms with Crippen molar-refractivity contribution in [3.63, 3.8) is 0 Å². The van der Waals surface area contributed by atoms with Crippen LogP contribution >= 0.6 is 0 Å². The molecule has 150 valence electrons. The lowest BCUT2D eigenvalue weighted by Gasteiger charge is -2.29. The first kappa shape index (κ1) is 20.3. The summed E-state index contributed by atoms with van der Waals surface area (Å²) in [6, 6.07) is 7.92. The molecule has 0 saturated heterocycles. The fraction of sp³-hybridized carbons (Fsp3) is 0.300. The van der Waals surface area contributed by atoms with Gasteiger partial charge in [0.2, 0.25) is 0 Å². The summed E-state index contributed by atoms with van der Waals surface area (Å²) in [4.78, 5) is 20.2. The van der Waals surface area contributed by atoms with Crippen molar-refractivity contribution in [1.82, 2.24) is 4.98 Å². The summed E-state index contributed by atoms with van der Waals surface area (Å²) >= 11 is 0. The molecule has 0 saturated carbocycles. The third-order valence-corrected chi connectivity index (χ3v) is 4.66. The van der Waals surface area contributed by atoms with E-state index in [1.54, 1.807) is 0 Å². The Morgan fingerprint density at radius 1 is 1.34 bits per heavy atom. The van der Waals surface area contributed by atoms with Gasteiger partial charge in [0, 0.05) is 18.2 Å². The van der Waals surface area contributed by atoms with Crippen molar-refractivity contribution in [2.75, 3.05) is 6.61 Å². The molecule has 29 heavy (non-hydrogen) atoms. The number of Topliss-reactive ketones (excluding diaryl/α,β-unsaturated/α-hetero) is 1. The average molecular weight is 402 g/mol. The highest BCUT2D eigenvalue weighted by atomic mass is 19.3. The summed E-state index contributed by atoms with van der Waals surface area (Å²) in [5.74, 6) is -1.26. The van der Waals surface area contributed by atoms with E-state index in [-0.39, 0.29) is 37.1 Å². The molecule has 1 unspecified atom stereocenters. The van der Waals surface area contributed by atoms with Crippen molar-refractivity contribution < 1.29 is 22.7 Å². The highest BCUT2D eigenvalue weighted by Gasteiger charge is 2.45. The van der Waals surface area contributed by atoms with E-state index in [2.05, 4.69) is 9.98 Å². The molecule has 1 aliphatic heterocycles. The van der Waals surface area contributed by atoms with Crippen molar-refractivity contribution >= 4 is 11.8 Å². The number of pyridine rings is 1. The number of carbonyl (C=O) groups is 1. The first-order valence-electron chi connectivity index (χ1n) is 8.80. The van der Waals surface area contributed by atoms with Gasteiger partial charge in [0.05, 0.1) is 12.2 Å². The zero-order valence-corrected chi connectivity index (χ0v) is 15.2. The first-order valence-corrected chi connectivity index (χ1v) is 8.80. The number of carbonyl (C=O) groups excluding carboxylic acids is 1. The standard InChI is InChI=1S/C20H17F3N4O2/c21-15-4-2-12(9-17(28)16-5-3-13(10-24)11-26-16)8-14(15)20(18(22)23)6-1-7-29-19(25)27-20/h2-5,8,11,18H,1,6-7,9H2,(H2,25,27). The SMILES string of the molecule is N#Cc1ccc(C(=O)Cc2ccc(F)c(C3(C(F)F)CCCOC(N)=N3)c2)nc1. The molecule has 6 nitrogen and oxygen atoms in total. The molecule has 2 heterocycles. The molecule has 2 N–H and O–H groups in total. The van der Waals surface area contributed by atoms with E-state index in [1.807, 2.05) is 6.07 Å². The van der Waals surface area contributed by atoms with E-state index in [1.165, 1.54) is 30.5 Å². The Kier molecular flexibility index (Phi) is 5.82. The van der Waals surface area contributed by atoms with Crippen LogP contribution in [0.1, 0.15) is 40.0 Å². The van der Waals surface area contributed by atoms with Gasteiger partial charge in [-0.2, -0.15) is 5.26 Å². The fourth-order valence-electron chi connectivity index (χ4n) is 3.19. The summed E-state index contributed by atoms with van der Waals surface area (Å²) < 4.78 is 47.7. The third kappa shape index (κ3) is 4.21. The number of nitriles is 1. The molecule has 3 rings (SSSR count). The highest BCUT2D eigenvalue weighted by Crippen LogP contribution is 2.40. The maximum absolute atomic E-state index is 14.6. The number of benzene rings is 1. The first-order chi connectivity index (χ1) is 13.9. The van der Waals surface area contributed by atoms with Gasteiger partial charge in [-0.3, -0.25) is 9.78 Å². The van der Waals surface area contributed by atoms with Gasteiger partial charge in [-0.15, -0.1) is 0 Å². The quantitative estimate of drug-likeness (QED) is 0.775. The minimum Gasteiger partial charge on any atom is -0.465 e. The minimum atomic E-state index is -3.02. The Labute approximate surface area is 164 Å². The van der Waals surface area contributed by atoms with Crippen LogP contribution < -0.4 is 5.73 Å². The molecule has 1 aliphatic rings. The van der Waals surface area contributed by atoms with E-state index in [9.17, 15) is 18.0 Å². The lowest BCUT2D eigenvalue weighted by atomic mass is 9.84. The highest BCUT2D eigenvalue weighted by molar-refractivity contribution is 5.95. The van der Waals surface area contributed by atoms with Crippen LogP contribution in [0.4, 0.5) is 13.2 Å². The number of aliphatic imine (C=N–C) groups is 1. The minimum absolute atomic E-state index is 0.105. The van der Waals surface area contributed by atoms with Gasteiger partial charge >= 0.3 is 0 Å². The van der Waals surface area contributed by atoms with Gasteiger partial charge < -0.3 is 10.5 Å². The van der Waals surface area contributed by atoms with Crippen molar-refractivity contribution in [2.45, 2.75) is 31.2 Å². The van der Waals surface area contributed by atoms with Gasteiger partial charge in [0.1, 0.15) is 17.6 Å². The van der Waals surface area contributed by atoms with Crippen molar-refractivity contribution in [3.8, 4) is 6.07 Å². The van der Waals surface area contributed by atoms with Crippen molar-refractivity contribution in [2.24, 2.45) is 10.7 Å². The van der Waals surface area contributed by atoms with E-state index >= 15 is 0 Å². The molecule has 0 aliphatic carbocycles. The number of halogens is 3. The topological polar surface area (TPSA) is 101 Å². The molecule has 2 aromatic rings. The molecule has 0 radical (unpaired) electrons. The smallest absolute Gasteiger partial charge is 0.283 e. The van der Waals surface area contributed by atoms with Gasteiger partial charge in [-0.25, -0.2) is 18.2 Å². The van der Waals surface area contributed by atoms with Crippen molar-refractivity contribution in [1.29, 1.82) is 5.26 Å². The van der Waals surface area contributed by atoms with Gasteiger partial charge in [0.25, 0.3) is 12.4 Å². The van der Waals surface area contributed by atoms with E-state index in [4.69, 9.17) is 15.7 Å². The summed E-state index contributed by atoms with van der Waals surface area (Å²) in [7, 11) is 0. The van der Waals surface area contributed by atoms with Gasteiger partial charge in [-0.05, 0) is 42.7 Å². The number of amidine groups is 1. The maximum Gasteiger partial charge on any atom is 0.283 e. The van der Waals surface area contributed by atoms with Crippen LogP contribution in [-0.2, 0) is 16.7 Å². The Bertz CT molecular complexity index is 986. The average Bonchev–Trinajstić information content (AvgIpc) is 2.91. The van der Waals surface area contributed by atoms with Gasteiger partial charge in [-0.1, -0.05) is 6.07 Å². The molecule has 0 bridgehead atoms. The lowest BCUT2D eigenvalue weighted by Crippen LogP contribution is -2.35. The molecule has 0 spiro atoms. The predicted molar refractivity (Wildman–Crippen MR) is 97.9 cm³/mol. The monoisotopic (exact) mass is 402 g/mol. The number of rotatable bonds is 5. The zero-order chi connectivity index (χ0) is 21.0. The predicted octanol–water partition coefficient (Wildman–Crippen LogP) is 3.10. The van der Waals surface area contributed by atoms with Crippen LogP contribution in [-0.4, -0.2) is 29.8 Å². The molecule has 9 heteroatoms. The number of nitrogens with two attached hydrogens (primary N) is 1. The van der Waals surface area contributed by atoms with Crippen molar-refractivity contribution in [3.05, 3.63) is 64.7 Å². The number of alkyl halides is 2. The number of aromatic nitrogens is 1. The molecular formula is C20H17F3N4O2. The largest absolute Gasteiger partial charge is 0.465 e. The second-order valence-electron chi connectivity index (χ2n) is 6.59. The molecular weight excluding hydrogens is 385 g/mol. The van der Waals surface area contributed by atoms with Gasteiger partial charge in [0.15, 0.2) is 11.3 Å². The third-order valence-electron chi connectivity index (χ3n) is 4.66. The summed E-state index contributed by atoms with van der Waals surface area (Å²) in [6.07, 6.45) is -1.88. The summed E-state index contributed by atoms with van der Waals surface area (Å²) in [5.41, 5.74) is 3.77.